The van der Waals surface area contributed by atoms with E-state index in [1.807, 2.05) is 84.9 Å². The van der Waals surface area contributed by atoms with E-state index in [-0.39, 0.29) is 24.8 Å². The summed E-state index contributed by atoms with van der Waals surface area (Å²) in [6.07, 6.45) is 0.179. The number of carboxylic acid groups (broad SMARTS) is 1. The van der Waals surface area contributed by atoms with E-state index < -0.39 is 24.2 Å². The Balaban J connectivity index is 0.970. The first-order chi connectivity index (χ1) is 29.6. The Bertz CT molecular complexity index is 2620. The van der Waals surface area contributed by atoms with Gasteiger partial charge in [-0.2, -0.15) is 5.26 Å². The molecule has 2 aliphatic rings. The Morgan fingerprint density at radius 2 is 1.56 bits per heavy atom. The summed E-state index contributed by atoms with van der Waals surface area (Å²) in [6.45, 7) is 1.25. The zero-order valence-corrected chi connectivity index (χ0v) is 34.3. The summed E-state index contributed by atoms with van der Waals surface area (Å²) in [7, 11) is 0. The van der Waals surface area contributed by atoms with Gasteiger partial charge in [0.05, 0.1) is 33.4 Å². The summed E-state index contributed by atoms with van der Waals surface area (Å²) in [5.74, 6) is -0.724. The van der Waals surface area contributed by atoms with Crippen LogP contribution in [0.5, 0.6) is 11.5 Å². The highest BCUT2D eigenvalue weighted by Gasteiger charge is 2.36. The number of carbonyl (C=O) groups is 3. The van der Waals surface area contributed by atoms with Gasteiger partial charge in [-0.15, -0.1) is 0 Å². The van der Waals surface area contributed by atoms with Crippen molar-refractivity contribution in [2.45, 2.75) is 50.6 Å². The predicted octanol–water partition coefficient (Wildman–Crippen LogP) is 8.96. The van der Waals surface area contributed by atoms with E-state index in [2.05, 4.69) is 21.6 Å². The molecule has 3 N–H and O–H groups in total. The highest BCUT2D eigenvalue weighted by atomic mass is 35.5. The molecule has 0 radical (unpaired) electrons. The van der Waals surface area contributed by atoms with Gasteiger partial charge in [0.1, 0.15) is 24.1 Å². The number of halogens is 2. The summed E-state index contributed by atoms with van der Waals surface area (Å²) in [6, 6.07) is 41.3. The fraction of sp³-hybridized carbons (Fsp3) is 0.184. The predicted molar refractivity (Wildman–Crippen MR) is 234 cm³/mol. The number of amides is 2. The van der Waals surface area contributed by atoms with Crippen LogP contribution in [0.3, 0.4) is 0 Å². The largest absolute Gasteiger partial charge is 0.489 e. The number of hydrogen-bond donors (Lipinski definition) is 3. The number of carboxylic acids is 1. The van der Waals surface area contributed by atoms with Crippen molar-refractivity contribution in [2.75, 3.05) is 11.9 Å². The molecule has 2 aliphatic heterocycles. The monoisotopic (exact) mass is 850 g/mol. The van der Waals surface area contributed by atoms with Gasteiger partial charge >= 0.3 is 5.97 Å². The van der Waals surface area contributed by atoms with Gasteiger partial charge in [0.15, 0.2) is 0 Å². The maximum absolute atomic E-state index is 14.2. The fourth-order valence-corrected chi connectivity index (χ4v) is 8.00. The van der Waals surface area contributed by atoms with Crippen LogP contribution in [0.4, 0.5) is 5.69 Å². The van der Waals surface area contributed by atoms with Gasteiger partial charge < -0.3 is 25.2 Å². The van der Waals surface area contributed by atoms with Crippen LogP contribution in [0.1, 0.15) is 45.0 Å². The second-order valence-electron chi connectivity index (χ2n) is 15.1. The Morgan fingerprint density at radius 3 is 2.25 bits per heavy atom. The standard InChI is InChI=1S/C49H40Cl2N4O6/c50-40-19-10-33(22-41(40)51)29-60-39-17-15-36(16-18-39)46-48(57)53-42-24-37-25-44(55(28-38(37)26-45(42)61-46)21-20-30-4-2-1-3-5-30)47(56)54-43(49(58)59)23-31-6-11-34(12-7-31)35-13-8-32(27-52)9-14-35/h1-19,22,24,26,43-44,46H,20-21,23,25,28-29H2,(H,53,57)(H,54,56)(H,58,59)/t43-,44?,46-/m0/s1. The number of hydrogen-bond acceptors (Lipinski definition) is 7. The first-order valence-electron chi connectivity index (χ1n) is 19.8. The Labute approximate surface area is 363 Å². The number of nitrogens with one attached hydrogen (secondary N) is 2. The Hall–Kier alpha value is -6.64. The van der Waals surface area contributed by atoms with Gasteiger partial charge in [0.25, 0.3) is 5.91 Å². The van der Waals surface area contributed by atoms with E-state index in [4.69, 9.17) is 37.9 Å². The SMILES string of the molecule is N#Cc1ccc(-c2ccc(C[C@H](NC(=O)C3Cc4cc5c(cc4CN3CCc3ccccc3)O[C@@H](c3ccc(OCc4ccc(Cl)c(Cl)c4)cc3)C(=O)N5)C(=O)O)cc2)cc1. The molecule has 0 spiro atoms. The molecule has 0 bridgehead atoms. The van der Waals surface area contributed by atoms with Crippen molar-refractivity contribution < 1.29 is 29.0 Å². The molecule has 0 aromatic heterocycles. The summed E-state index contributed by atoms with van der Waals surface area (Å²) < 4.78 is 12.3. The van der Waals surface area contributed by atoms with Crippen molar-refractivity contribution >= 4 is 46.7 Å². The molecular formula is C49H40Cl2N4O6. The first kappa shape index (κ1) is 41.1. The van der Waals surface area contributed by atoms with Gasteiger partial charge in [-0.05, 0) is 100 Å². The molecule has 12 heteroatoms. The van der Waals surface area contributed by atoms with Crippen LogP contribution in [0.2, 0.25) is 10.0 Å². The average molecular weight is 852 g/mol. The highest BCUT2D eigenvalue weighted by Crippen LogP contribution is 2.40. The summed E-state index contributed by atoms with van der Waals surface area (Å²) in [4.78, 5) is 42.3. The van der Waals surface area contributed by atoms with E-state index in [1.54, 1.807) is 48.5 Å². The van der Waals surface area contributed by atoms with Crippen LogP contribution in [0.15, 0.2) is 133 Å². The van der Waals surface area contributed by atoms with Gasteiger partial charge in [-0.25, -0.2) is 4.79 Å². The molecular weight excluding hydrogens is 811 g/mol. The van der Waals surface area contributed by atoms with Crippen molar-refractivity contribution in [1.82, 2.24) is 10.2 Å². The van der Waals surface area contributed by atoms with Crippen molar-refractivity contribution in [3.8, 4) is 28.7 Å². The molecule has 0 saturated heterocycles. The molecule has 0 aliphatic carbocycles. The van der Waals surface area contributed by atoms with Crippen LogP contribution in [0.25, 0.3) is 11.1 Å². The van der Waals surface area contributed by atoms with Gasteiger partial charge in [-0.1, -0.05) is 108 Å². The molecule has 0 saturated carbocycles. The van der Waals surface area contributed by atoms with Crippen LogP contribution >= 0.6 is 23.2 Å². The molecule has 1 unspecified atom stereocenters. The van der Waals surface area contributed by atoms with Crippen LogP contribution in [-0.4, -0.2) is 46.4 Å². The second kappa shape index (κ2) is 18.3. The molecule has 3 atom stereocenters. The van der Waals surface area contributed by atoms with Gasteiger partial charge in [0.2, 0.25) is 12.0 Å². The number of benzene rings is 6. The minimum Gasteiger partial charge on any atom is -0.489 e. The smallest absolute Gasteiger partial charge is 0.326 e. The number of nitrogens with zero attached hydrogens (tertiary/aromatic N) is 2. The van der Waals surface area contributed by atoms with Crippen molar-refractivity contribution in [2.24, 2.45) is 0 Å². The molecule has 61 heavy (non-hydrogen) atoms. The minimum absolute atomic E-state index is 0.0918. The van der Waals surface area contributed by atoms with Crippen molar-refractivity contribution in [1.29, 1.82) is 5.26 Å². The van der Waals surface area contributed by atoms with E-state index in [0.717, 1.165) is 38.9 Å². The molecule has 2 amide bonds. The van der Waals surface area contributed by atoms with Crippen LogP contribution < -0.4 is 20.1 Å². The number of aliphatic carboxylic acids is 1. The maximum atomic E-state index is 14.2. The van der Waals surface area contributed by atoms with E-state index >= 15 is 0 Å². The Kier molecular flexibility index (Phi) is 12.3. The van der Waals surface area contributed by atoms with Crippen LogP contribution in [0, 0.1) is 11.3 Å². The molecule has 10 nitrogen and oxygen atoms in total. The fourth-order valence-electron chi connectivity index (χ4n) is 7.68. The second-order valence-corrected chi connectivity index (χ2v) is 15.9. The third-order valence-corrected chi connectivity index (χ3v) is 11.8. The zero-order chi connectivity index (χ0) is 42.5. The van der Waals surface area contributed by atoms with Crippen molar-refractivity contribution in [3.05, 3.63) is 182 Å². The van der Waals surface area contributed by atoms with E-state index in [9.17, 15) is 19.5 Å². The number of anilines is 1. The lowest BCUT2D eigenvalue weighted by molar-refractivity contribution is -0.142. The topological polar surface area (TPSA) is 141 Å². The first-order valence-corrected chi connectivity index (χ1v) is 20.6. The minimum atomic E-state index is -1.16. The molecule has 2 heterocycles. The van der Waals surface area contributed by atoms with Crippen molar-refractivity contribution in [3.63, 3.8) is 0 Å². The number of ether oxygens (including phenoxy) is 2. The summed E-state index contributed by atoms with van der Waals surface area (Å²) in [5, 5.41) is 26.2. The molecule has 0 fully saturated rings. The lowest BCUT2D eigenvalue weighted by Gasteiger charge is -2.37. The quantitative estimate of drug-likeness (QED) is 0.105. The zero-order valence-electron chi connectivity index (χ0n) is 32.8. The summed E-state index contributed by atoms with van der Waals surface area (Å²) in [5.41, 5.74) is 8.14. The molecule has 6 aromatic carbocycles. The highest BCUT2D eigenvalue weighted by molar-refractivity contribution is 6.42. The number of rotatable bonds is 13. The number of carbonyl (C=O) groups excluding carboxylic acids is 2. The van der Waals surface area contributed by atoms with Gasteiger partial charge in [-0.3, -0.25) is 14.5 Å². The third kappa shape index (κ3) is 9.72. The number of nitriles is 1. The van der Waals surface area contributed by atoms with E-state index in [1.165, 1.54) is 0 Å². The van der Waals surface area contributed by atoms with Crippen LogP contribution in [-0.2, 0) is 46.8 Å². The molecule has 6 aromatic rings. The maximum Gasteiger partial charge on any atom is 0.326 e. The number of fused-ring (bicyclic) bond motifs is 2. The third-order valence-electron chi connectivity index (χ3n) is 11.0. The Morgan fingerprint density at radius 1 is 0.852 bits per heavy atom. The molecule has 8 rings (SSSR count). The molecule has 306 valence electrons. The average Bonchev–Trinajstić information content (AvgIpc) is 3.28. The normalized spacial score (nSPS) is 16.2. The van der Waals surface area contributed by atoms with E-state index in [0.29, 0.717) is 64.3 Å². The summed E-state index contributed by atoms with van der Waals surface area (Å²) >= 11 is 12.2. The van der Waals surface area contributed by atoms with Gasteiger partial charge in [0, 0.05) is 25.1 Å². The lowest BCUT2D eigenvalue weighted by Crippen LogP contribution is -2.54. The lowest BCUT2D eigenvalue weighted by atomic mass is 9.91.